The smallest absolute Gasteiger partial charge is 0.417 e. The van der Waals surface area contributed by atoms with Gasteiger partial charge in [0.1, 0.15) is 0 Å². The van der Waals surface area contributed by atoms with Crippen LogP contribution >= 0.6 is 0 Å². The average Bonchev–Trinajstić information content (AvgIpc) is 3.16. The van der Waals surface area contributed by atoms with E-state index in [1.165, 1.54) is 23.3 Å². The minimum Gasteiger partial charge on any atom is -0.463 e. The Morgan fingerprint density at radius 1 is 1.07 bits per heavy atom. The Bertz CT molecular complexity index is 845. The molecule has 9 heteroatoms. The number of quaternary nitrogens is 1. The Hall–Kier alpha value is -1.84. The summed E-state index contributed by atoms with van der Waals surface area (Å²) < 4.78 is 72.6. The summed E-state index contributed by atoms with van der Waals surface area (Å²) >= 11 is 0. The highest BCUT2D eigenvalue weighted by atomic mass is 32.2. The summed E-state index contributed by atoms with van der Waals surface area (Å²) in [7, 11) is -4.32. The van der Waals surface area contributed by atoms with Gasteiger partial charge in [0.25, 0.3) is 0 Å². The van der Waals surface area contributed by atoms with Gasteiger partial charge in [0.15, 0.2) is 11.8 Å². The van der Waals surface area contributed by atoms with Gasteiger partial charge >= 0.3 is 6.18 Å². The number of halogens is 3. The third-order valence-corrected chi connectivity index (χ3v) is 6.32. The van der Waals surface area contributed by atoms with Crippen molar-refractivity contribution in [2.24, 2.45) is 0 Å². The van der Waals surface area contributed by atoms with Crippen LogP contribution in [0.2, 0.25) is 0 Å². The summed E-state index contributed by atoms with van der Waals surface area (Å²) in [6.07, 6.45) is -0.0610. The lowest BCUT2D eigenvalue weighted by Gasteiger charge is -2.30. The van der Waals surface area contributed by atoms with Crippen LogP contribution in [0.15, 0.2) is 52.0 Å². The monoisotopic (exact) mass is 403 g/mol. The van der Waals surface area contributed by atoms with Gasteiger partial charge in [-0.15, -0.1) is 0 Å². The molecule has 1 aromatic carbocycles. The largest absolute Gasteiger partial charge is 0.463 e. The molecule has 0 spiro atoms. The van der Waals surface area contributed by atoms with Crippen LogP contribution in [-0.2, 0) is 16.2 Å². The first-order valence-electron chi connectivity index (χ1n) is 8.83. The molecule has 148 valence electrons. The molecule has 1 aliphatic rings. The summed E-state index contributed by atoms with van der Waals surface area (Å²) in [5.74, 6) is 0.624. The molecule has 1 fully saturated rings. The van der Waals surface area contributed by atoms with Crippen molar-refractivity contribution in [3.05, 3.63) is 54.0 Å². The first kappa shape index (κ1) is 19.9. The second-order valence-electron chi connectivity index (χ2n) is 6.63. The molecule has 1 aliphatic heterocycles. The second kappa shape index (κ2) is 8.04. The molecule has 1 saturated heterocycles. The Balaban J connectivity index is 1.83. The van der Waals surface area contributed by atoms with E-state index in [1.807, 2.05) is 0 Å². The number of benzene rings is 1. The van der Waals surface area contributed by atoms with Crippen LogP contribution in [0.3, 0.4) is 0 Å². The number of hydrogen-bond donors (Lipinski definition) is 2. The maximum Gasteiger partial charge on any atom is 0.417 e. The lowest BCUT2D eigenvalue weighted by atomic mass is 10.1. The SMILES string of the molecule is O=S(=O)(NC[C@H](c1ccco1)[NH+]1CCCCC1)c1ccccc1C(F)(F)F. The van der Waals surface area contributed by atoms with Gasteiger partial charge in [0, 0.05) is 0 Å². The van der Waals surface area contributed by atoms with Gasteiger partial charge in [0.2, 0.25) is 10.0 Å². The molecular weight excluding hydrogens is 381 g/mol. The highest BCUT2D eigenvalue weighted by molar-refractivity contribution is 7.89. The third kappa shape index (κ3) is 4.72. The Morgan fingerprint density at radius 3 is 2.41 bits per heavy atom. The summed E-state index contributed by atoms with van der Waals surface area (Å²) in [5.41, 5.74) is -1.17. The first-order chi connectivity index (χ1) is 12.8. The second-order valence-corrected chi connectivity index (χ2v) is 8.37. The van der Waals surface area contributed by atoms with Gasteiger partial charge in [-0.2, -0.15) is 13.2 Å². The zero-order valence-corrected chi connectivity index (χ0v) is 15.4. The quantitative estimate of drug-likeness (QED) is 0.779. The molecule has 2 heterocycles. The van der Waals surface area contributed by atoms with Crippen molar-refractivity contribution in [3.8, 4) is 0 Å². The van der Waals surface area contributed by atoms with Gasteiger partial charge in [-0.05, 0) is 43.5 Å². The molecule has 0 saturated carbocycles. The van der Waals surface area contributed by atoms with Crippen molar-refractivity contribution < 1.29 is 30.9 Å². The fourth-order valence-electron chi connectivity index (χ4n) is 3.50. The van der Waals surface area contributed by atoms with Crippen molar-refractivity contribution in [3.63, 3.8) is 0 Å². The Morgan fingerprint density at radius 2 is 1.78 bits per heavy atom. The fourth-order valence-corrected chi connectivity index (χ4v) is 4.77. The molecule has 1 atom stereocenters. The van der Waals surface area contributed by atoms with Crippen LogP contribution in [0.4, 0.5) is 13.2 Å². The molecule has 2 N–H and O–H groups in total. The minimum absolute atomic E-state index is 0.0304. The number of hydrogen-bond acceptors (Lipinski definition) is 3. The van der Waals surface area contributed by atoms with Crippen molar-refractivity contribution in [2.45, 2.75) is 36.4 Å². The lowest BCUT2D eigenvalue weighted by molar-refractivity contribution is -0.935. The predicted molar refractivity (Wildman–Crippen MR) is 92.6 cm³/mol. The van der Waals surface area contributed by atoms with Crippen LogP contribution in [0.25, 0.3) is 0 Å². The van der Waals surface area contributed by atoms with Crippen LogP contribution in [0, 0.1) is 0 Å². The molecule has 0 radical (unpaired) electrons. The fraction of sp³-hybridized carbons (Fsp3) is 0.444. The molecular formula is C18H22F3N2O3S+. The first-order valence-corrected chi connectivity index (χ1v) is 10.3. The number of sulfonamides is 1. The Labute approximate surface area is 156 Å². The standard InChI is InChI=1S/C18H21F3N2O3S/c19-18(20,21)14-7-2-3-9-17(14)27(24,25)22-13-15(16-8-6-12-26-16)23-10-4-1-5-11-23/h2-3,6-9,12,15,22H,1,4-5,10-11,13H2/p+1/t15-/m1/s1. The number of nitrogens with one attached hydrogen (secondary N) is 2. The Kier molecular flexibility index (Phi) is 5.92. The summed E-state index contributed by atoms with van der Waals surface area (Å²) in [4.78, 5) is 0.410. The van der Waals surface area contributed by atoms with Crippen molar-refractivity contribution in [2.75, 3.05) is 19.6 Å². The molecule has 3 rings (SSSR count). The van der Waals surface area contributed by atoms with Crippen molar-refractivity contribution >= 4 is 10.0 Å². The topological polar surface area (TPSA) is 63.8 Å². The third-order valence-electron chi connectivity index (χ3n) is 4.83. The van der Waals surface area contributed by atoms with Gasteiger partial charge in [-0.1, -0.05) is 12.1 Å². The van der Waals surface area contributed by atoms with Crippen molar-refractivity contribution in [1.29, 1.82) is 0 Å². The van der Waals surface area contributed by atoms with E-state index in [4.69, 9.17) is 4.42 Å². The molecule has 5 nitrogen and oxygen atoms in total. The molecule has 0 bridgehead atoms. The van der Waals surface area contributed by atoms with E-state index in [9.17, 15) is 21.6 Å². The van der Waals surface area contributed by atoms with Gasteiger partial charge in [0.05, 0.1) is 36.4 Å². The molecule has 0 amide bonds. The normalized spacial score (nSPS) is 17.7. The predicted octanol–water partition coefficient (Wildman–Crippen LogP) is 2.39. The molecule has 0 aliphatic carbocycles. The van der Waals surface area contributed by atoms with Crippen LogP contribution in [-0.4, -0.2) is 28.1 Å². The van der Waals surface area contributed by atoms with Crippen LogP contribution in [0.5, 0.6) is 0 Å². The lowest BCUT2D eigenvalue weighted by Crippen LogP contribution is -3.13. The highest BCUT2D eigenvalue weighted by Crippen LogP contribution is 2.33. The van der Waals surface area contributed by atoms with Crippen molar-refractivity contribution in [1.82, 2.24) is 4.72 Å². The van der Waals surface area contributed by atoms with Gasteiger partial charge in [-0.3, -0.25) is 0 Å². The van der Waals surface area contributed by atoms with Crippen LogP contribution in [0.1, 0.15) is 36.6 Å². The van der Waals surface area contributed by atoms with Gasteiger partial charge in [-0.25, -0.2) is 13.1 Å². The zero-order chi connectivity index (χ0) is 19.5. The van der Waals surface area contributed by atoms with Crippen LogP contribution < -0.4 is 9.62 Å². The minimum atomic E-state index is -4.75. The summed E-state index contributed by atoms with van der Waals surface area (Å²) in [6.45, 7) is 1.70. The maximum atomic E-state index is 13.2. The maximum absolute atomic E-state index is 13.2. The molecule has 27 heavy (non-hydrogen) atoms. The van der Waals surface area contributed by atoms with E-state index in [0.717, 1.165) is 44.5 Å². The number of likely N-dealkylation sites (tertiary alicyclic amines) is 1. The van der Waals surface area contributed by atoms with E-state index in [0.29, 0.717) is 5.76 Å². The van der Waals surface area contributed by atoms with E-state index < -0.39 is 26.7 Å². The van der Waals surface area contributed by atoms with E-state index in [1.54, 1.807) is 12.1 Å². The number of rotatable bonds is 6. The number of alkyl halides is 3. The highest BCUT2D eigenvalue weighted by Gasteiger charge is 2.37. The summed E-state index contributed by atoms with van der Waals surface area (Å²) in [5, 5.41) is 0. The number of furan rings is 1. The van der Waals surface area contributed by atoms with E-state index in [2.05, 4.69) is 4.72 Å². The summed E-state index contributed by atoms with van der Waals surface area (Å²) in [6, 6.07) is 7.40. The molecule has 1 aromatic heterocycles. The molecule has 0 unspecified atom stereocenters. The zero-order valence-electron chi connectivity index (χ0n) is 14.6. The van der Waals surface area contributed by atoms with E-state index in [-0.39, 0.29) is 12.6 Å². The van der Waals surface area contributed by atoms with Gasteiger partial charge < -0.3 is 9.32 Å². The number of piperidine rings is 1. The molecule has 2 aromatic rings. The average molecular weight is 403 g/mol. The van der Waals surface area contributed by atoms with E-state index >= 15 is 0 Å².